The number of aliphatic hydroxyl groups excluding tert-OH is 2. The van der Waals surface area contributed by atoms with E-state index in [1.165, 1.54) is 32.2 Å². The normalized spacial score (nSPS) is 13.8. The topological polar surface area (TPSA) is 99.5 Å². The number of aliphatic hydroxyl groups is 2. The first-order valence-corrected chi connectivity index (χ1v) is 5.49. The SMILES string of the molecule is CC(=O)NCC(O)C(O)c1ccc(C(C)=O)nc1. The molecule has 0 aliphatic carbocycles. The summed E-state index contributed by atoms with van der Waals surface area (Å²) < 4.78 is 0. The molecule has 0 aliphatic rings. The minimum Gasteiger partial charge on any atom is -0.388 e. The standard InChI is InChI=1S/C12H16N2O4/c1-7(15)10-4-3-9(5-14-10)12(18)11(17)6-13-8(2)16/h3-5,11-12,17-18H,6H2,1-2H3,(H,13,16). The molecular formula is C12H16N2O4. The van der Waals surface area contributed by atoms with E-state index in [9.17, 15) is 19.8 Å². The summed E-state index contributed by atoms with van der Waals surface area (Å²) in [5, 5.41) is 21.8. The minimum atomic E-state index is -1.16. The Hall–Kier alpha value is -1.79. The van der Waals surface area contributed by atoms with Crippen molar-refractivity contribution in [3.63, 3.8) is 0 Å². The fraction of sp³-hybridized carbons (Fsp3) is 0.417. The zero-order valence-electron chi connectivity index (χ0n) is 10.3. The molecule has 98 valence electrons. The number of carbonyl (C=O) groups is 2. The van der Waals surface area contributed by atoms with Gasteiger partial charge in [0, 0.05) is 32.2 Å². The maximum atomic E-state index is 11.0. The quantitative estimate of drug-likeness (QED) is 0.631. The van der Waals surface area contributed by atoms with Crippen LogP contribution in [-0.2, 0) is 4.79 Å². The van der Waals surface area contributed by atoms with Gasteiger partial charge in [0.05, 0.1) is 0 Å². The van der Waals surface area contributed by atoms with Gasteiger partial charge in [-0.15, -0.1) is 0 Å². The molecule has 0 saturated heterocycles. The molecule has 1 amide bonds. The van der Waals surface area contributed by atoms with Gasteiger partial charge in [0.1, 0.15) is 17.9 Å². The van der Waals surface area contributed by atoms with Crippen LogP contribution >= 0.6 is 0 Å². The fourth-order valence-corrected chi connectivity index (χ4v) is 1.37. The van der Waals surface area contributed by atoms with E-state index in [-0.39, 0.29) is 18.2 Å². The van der Waals surface area contributed by atoms with Gasteiger partial charge in [-0.25, -0.2) is 0 Å². The number of rotatable bonds is 5. The van der Waals surface area contributed by atoms with Gasteiger partial charge >= 0.3 is 0 Å². The van der Waals surface area contributed by atoms with E-state index in [0.717, 1.165) is 0 Å². The molecule has 1 heterocycles. The summed E-state index contributed by atoms with van der Waals surface area (Å²) in [5.74, 6) is -0.457. The molecule has 18 heavy (non-hydrogen) atoms. The molecule has 0 saturated carbocycles. The molecule has 1 aromatic heterocycles. The van der Waals surface area contributed by atoms with E-state index in [1.54, 1.807) is 0 Å². The maximum Gasteiger partial charge on any atom is 0.216 e. The van der Waals surface area contributed by atoms with Gasteiger partial charge in [-0.1, -0.05) is 6.07 Å². The molecule has 0 fully saturated rings. The molecule has 0 radical (unpaired) electrons. The smallest absolute Gasteiger partial charge is 0.216 e. The number of amides is 1. The van der Waals surface area contributed by atoms with Gasteiger partial charge in [-0.3, -0.25) is 14.6 Å². The van der Waals surface area contributed by atoms with Crippen molar-refractivity contribution in [1.82, 2.24) is 10.3 Å². The molecule has 1 aromatic rings. The second kappa shape index (κ2) is 6.23. The van der Waals surface area contributed by atoms with Crippen LogP contribution in [0.25, 0.3) is 0 Å². The van der Waals surface area contributed by atoms with Crippen LogP contribution in [0, 0.1) is 0 Å². The predicted octanol–water partition coefficient (Wildman–Crippen LogP) is -0.185. The summed E-state index contributed by atoms with van der Waals surface area (Å²) in [7, 11) is 0. The Bertz CT molecular complexity index is 430. The number of Topliss-reactive ketones (excluding diaryl/α,β-unsaturated/α-hetero) is 1. The van der Waals surface area contributed by atoms with E-state index < -0.39 is 12.2 Å². The van der Waals surface area contributed by atoms with Crippen LogP contribution in [-0.4, -0.2) is 39.5 Å². The first kappa shape index (κ1) is 14.3. The number of hydrogen-bond donors (Lipinski definition) is 3. The molecule has 6 nitrogen and oxygen atoms in total. The first-order valence-electron chi connectivity index (χ1n) is 5.49. The van der Waals surface area contributed by atoms with E-state index in [0.29, 0.717) is 11.3 Å². The van der Waals surface area contributed by atoms with Gasteiger partial charge in [-0.2, -0.15) is 0 Å². The highest BCUT2D eigenvalue weighted by atomic mass is 16.3. The lowest BCUT2D eigenvalue weighted by Gasteiger charge is -2.18. The van der Waals surface area contributed by atoms with Crippen LogP contribution in [0.2, 0.25) is 0 Å². The summed E-state index contributed by atoms with van der Waals surface area (Å²) in [4.78, 5) is 25.6. The predicted molar refractivity (Wildman–Crippen MR) is 63.9 cm³/mol. The Balaban J connectivity index is 2.68. The monoisotopic (exact) mass is 252 g/mol. The highest BCUT2D eigenvalue weighted by Gasteiger charge is 2.19. The summed E-state index contributed by atoms with van der Waals surface area (Å²) in [6.45, 7) is 2.66. The molecule has 2 atom stereocenters. The number of ketones is 1. The number of aromatic nitrogens is 1. The van der Waals surface area contributed by atoms with Crippen LogP contribution in [0.1, 0.15) is 36.0 Å². The number of nitrogens with one attached hydrogen (secondary N) is 1. The van der Waals surface area contributed by atoms with Crippen molar-refractivity contribution >= 4 is 11.7 Å². The largest absolute Gasteiger partial charge is 0.388 e. The van der Waals surface area contributed by atoms with Crippen molar-refractivity contribution in [2.45, 2.75) is 26.1 Å². The molecule has 3 N–H and O–H groups in total. The van der Waals surface area contributed by atoms with E-state index in [4.69, 9.17) is 0 Å². The van der Waals surface area contributed by atoms with Crippen molar-refractivity contribution in [1.29, 1.82) is 0 Å². The molecule has 0 aliphatic heterocycles. The van der Waals surface area contributed by atoms with E-state index in [1.807, 2.05) is 0 Å². The molecule has 6 heteroatoms. The molecule has 0 bridgehead atoms. The van der Waals surface area contributed by atoms with Crippen LogP contribution < -0.4 is 5.32 Å². The second-order valence-electron chi connectivity index (χ2n) is 3.98. The lowest BCUT2D eigenvalue weighted by atomic mass is 10.1. The van der Waals surface area contributed by atoms with Gasteiger partial charge in [-0.05, 0) is 6.07 Å². The van der Waals surface area contributed by atoms with Gasteiger partial charge in [0.15, 0.2) is 5.78 Å². The van der Waals surface area contributed by atoms with Crippen LogP contribution in [0.15, 0.2) is 18.3 Å². The Morgan fingerprint density at radius 2 is 2.00 bits per heavy atom. The van der Waals surface area contributed by atoms with Crippen LogP contribution in [0.3, 0.4) is 0 Å². The molecule has 1 rings (SSSR count). The van der Waals surface area contributed by atoms with E-state index >= 15 is 0 Å². The number of nitrogens with zero attached hydrogens (tertiary/aromatic N) is 1. The van der Waals surface area contributed by atoms with Gasteiger partial charge in [0.25, 0.3) is 0 Å². The second-order valence-corrected chi connectivity index (χ2v) is 3.98. The number of carbonyl (C=O) groups excluding carboxylic acids is 2. The van der Waals surface area contributed by atoms with E-state index in [2.05, 4.69) is 10.3 Å². The van der Waals surface area contributed by atoms with Crippen LogP contribution in [0.5, 0.6) is 0 Å². The van der Waals surface area contributed by atoms with Crippen molar-refractivity contribution in [2.24, 2.45) is 0 Å². The fourth-order valence-electron chi connectivity index (χ4n) is 1.37. The molecule has 0 spiro atoms. The Kier molecular flexibility index (Phi) is 4.94. The summed E-state index contributed by atoms with van der Waals surface area (Å²) in [5.41, 5.74) is 0.681. The Labute approximate surface area is 105 Å². The zero-order chi connectivity index (χ0) is 13.7. The average molecular weight is 252 g/mol. The molecule has 2 unspecified atom stereocenters. The minimum absolute atomic E-state index is 0.0506. The summed E-state index contributed by atoms with van der Waals surface area (Å²) in [6.07, 6.45) is -0.956. The average Bonchev–Trinajstić information content (AvgIpc) is 2.35. The Morgan fingerprint density at radius 3 is 2.44 bits per heavy atom. The van der Waals surface area contributed by atoms with Crippen LogP contribution in [0.4, 0.5) is 0 Å². The Morgan fingerprint density at radius 1 is 1.33 bits per heavy atom. The number of hydrogen-bond acceptors (Lipinski definition) is 5. The zero-order valence-corrected chi connectivity index (χ0v) is 10.3. The van der Waals surface area contributed by atoms with Crippen molar-refractivity contribution in [2.75, 3.05) is 6.54 Å². The van der Waals surface area contributed by atoms with Gasteiger partial charge in [0.2, 0.25) is 5.91 Å². The lowest BCUT2D eigenvalue weighted by Crippen LogP contribution is -2.34. The molecular weight excluding hydrogens is 236 g/mol. The third-order valence-corrected chi connectivity index (χ3v) is 2.41. The molecule has 0 aromatic carbocycles. The lowest BCUT2D eigenvalue weighted by molar-refractivity contribution is -0.119. The highest BCUT2D eigenvalue weighted by Crippen LogP contribution is 2.16. The summed E-state index contributed by atoms with van der Waals surface area (Å²) in [6, 6.07) is 3.00. The maximum absolute atomic E-state index is 11.0. The third kappa shape index (κ3) is 3.90. The van der Waals surface area contributed by atoms with Gasteiger partial charge < -0.3 is 15.5 Å². The summed E-state index contributed by atoms with van der Waals surface area (Å²) >= 11 is 0. The van der Waals surface area contributed by atoms with Crippen molar-refractivity contribution < 1.29 is 19.8 Å². The highest BCUT2D eigenvalue weighted by molar-refractivity contribution is 5.91. The third-order valence-electron chi connectivity index (χ3n) is 2.41. The number of pyridine rings is 1. The van der Waals surface area contributed by atoms with Crippen molar-refractivity contribution in [3.05, 3.63) is 29.6 Å². The first-order chi connectivity index (χ1) is 8.41. The van der Waals surface area contributed by atoms with Crippen molar-refractivity contribution in [3.8, 4) is 0 Å².